The number of benzene rings is 1. The summed E-state index contributed by atoms with van der Waals surface area (Å²) in [5.41, 5.74) is 1.01. The van der Waals surface area contributed by atoms with Gasteiger partial charge in [0.15, 0.2) is 6.10 Å². The van der Waals surface area contributed by atoms with Crippen LogP contribution in [-0.4, -0.2) is 34.5 Å². The van der Waals surface area contributed by atoms with Crippen molar-refractivity contribution in [1.82, 2.24) is 9.88 Å². The molecule has 5 nitrogen and oxygen atoms in total. The van der Waals surface area contributed by atoms with E-state index in [-0.39, 0.29) is 11.9 Å². The zero-order valence-corrected chi connectivity index (χ0v) is 13.3. The molecule has 3 rings (SSSR count). The van der Waals surface area contributed by atoms with Crippen LogP contribution >= 0.6 is 0 Å². The number of para-hydroxylation sites is 1. The molecular formula is C18H20N2O3. The van der Waals surface area contributed by atoms with Crippen LogP contribution in [0.1, 0.15) is 19.4 Å². The molecule has 1 amide bonds. The van der Waals surface area contributed by atoms with Crippen LogP contribution in [0.4, 0.5) is 0 Å². The number of pyridine rings is 1. The Hall–Kier alpha value is -2.56. The van der Waals surface area contributed by atoms with Crippen LogP contribution in [-0.2, 0) is 11.3 Å². The third kappa shape index (κ3) is 3.44. The number of rotatable bonds is 3. The molecule has 5 heteroatoms. The molecule has 0 saturated heterocycles. The average molecular weight is 312 g/mol. The van der Waals surface area contributed by atoms with Crippen molar-refractivity contribution in [2.75, 3.05) is 6.61 Å². The van der Waals surface area contributed by atoms with Gasteiger partial charge in [0, 0.05) is 18.3 Å². The Balaban J connectivity index is 1.75. The fourth-order valence-corrected chi connectivity index (χ4v) is 2.61. The fourth-order valence-electron chi connectivity index (χ4n) is 2.61. The van der Waals surface area contributed by atoms with Gasteiger partial charge in [-0.15, -0.1) is 0 Å². The summed E-state index contributed by atoms with van der Waals surface area (Å²) < 4.78 is 11.5. The highest BCUT2D eigenvalue weighted by atomic mass is 16.5. The lowest BCUT2D eigenvalue weighted by molar-refractivity contribution is -0.141. The van der Waals surface area contributed by atoms with Crippen LogP contribution in [0, 0.1) is 0 Å². The molecule has 120 valence electrons. The second kappa shape index (κ2) is 6.69. The molecule has 2 atom stereocenters. The Morgan fingerprint density at radius 1 is 1.35 bits per heavy atom. The van der Waals surface area contributed by atoms with E-state index in [0.29, 0.717) is 18.9 Å². The predicted octanol–water partition coefficient (Wildman–Crippen LogP) is 2.66. The van der Waals surface area contributed by atoms with Crippen LogP contribution in [0.25, 0.3) is 0 Å². The summed E-state index contributed by atoms with van der Waals surface area (Å²) in [6.07, 6.45) is 2.70. The monoisotopic (exact) mass is 312 g/mol. The Kier molecular flexibility index (Phi) is 4.46. The number of fused-ring (bicyclic) bond motifs is 1. The minimum Gasteiger partial charge on any atom is -0.491 e. The van der Waals surface area contributed by atoms with Gasteiger partial charge in [-0.05, 0) is 32.0 Å². The number of nitrogens with zero attached hydrogens (tertiary/aromatic N) is 2. The first-order chi connectivity index (χ1) is 11.1. The summed E-state index contributed by atoms with van der Waals surface area (Å²) >= 11 is 0. The molecule has 0 spiro atoms. The van der Waals surface area contributed by atoms with Gasteiger partial charge >= 0.3 is 0 Å². The van der Waals surface area contributed by atoms with E-state index in [1.54, 1.807) is 31.5 Å². The maximum absolute atomic E-state index is 12.8. The van der Waals surface area contributed by atoms with Gasteiger partial charge in [-0.2, -0.15) is 0 Å². The summed E-state index contributed by atoms with van der Waals surface area (Å²) in [6, 6.07) is 11.4. The zero-order chi connectivity index (χ0) is 16.2. The molecule has 0 radical (unpaired) electrons. The molecule has 1 aliphatic rings. The molecule has 2 heterocycles. The van der Waals surface area contributed by atoms with Gasteiger partial charge in [-0.1, -0.05) is 18.2 Å². The first-order valence-corrected chi connectivity index (χ1v) is 7.73. The number of ether oxygens (including phenoxy) is 2. The van der Waals surface area contributed by atoms with Crippen LogP contribution in [0.5, 0.6) is 11.5 Å². The summed E-state index contributed by atoms with van der Waals surface area (Å²) in [6.45, 7) is 4.75. The maximum atomic E-state index is 12.8. The second-order valence-electron chi connectivity index (χ2n) is 5.68. The Morgan fingerprint density at radius 2 is 2.17 bits per heavy atom. The van der Waals surface area contributed by atoms with Crippen LogP contribution in [0.2, 0.25) is 0 Å². The molecule has 0 bridgehead atoms. The summed E-state index contributed by atoms with van der Waals surface area (Å²) in [5, 5.41) is 0. The van der Waals surface area contributed by atoms with Gasteiger partial charge in [-0.25, -0.2) is 0 Å². The summed E-state index contributed by atoms with van der Waals surface area (Å²) in [4.78, 5) is 18.6. The molecule has 2 aromatic rings. The minimum absolute atomic E-state index is 0.0187. The predicted molar refractivity (Wildman–Crippen MR) is 86.3 cm³/mol. The molecule has 0 N–H and O–H groups in total. The molecule has 0 aliphatic carbocycles. The van der Waals surface area contributed by atoms with E-state index >= 15 is 0 Å². The van der Waals surface area contributed by atoms with Crippen molar-refractivity contribution in [3.63, 3.8) is 0 Å². The Labute approximate surface area is 135 Å². The highest BCUT2D eigenvalue weighted by Gasteiger charge is 2.29. The first kappa shape index (κ1) is 15.3. The first-order valence-electron chi connectivity index (χ1n) is 7.73. The smallest absolute Gasteiger partial charge is 0.264 e. The van der Waals surface area contributed by atoms with Crippen molar-refractivity contribution in [2.45, 2.75) is 32.5 Å². The molecule has 1 aromatic heterocycles. The van der Waals surface area contributed by atoms with E-state index in [4.69, 9.17) is 9.47 Å². The van der Waals surface area contributed by atoms with E-state index in [0.717, 1.165) is 11.3 Å². The van der Waals surface area contributed by atoms with Crippen LogP contribution in [0.3, 0.4) is 0 Å². The topological polar surface area (TPSA) is 51.7 Å². The lowest BCUT2D eigenvalue weighted by atomic mass is 10.1. The number of aromatic nitrogens is 1. The molecule has 2 unspecified atom stereocenters. The quantitative estimate of drug-likeness (QED) is 0.874. The fraction of sp³-hybridized carbons (Fsp3) is 0.333. The van der Waals surface area contributed by atoms with Crippen LogP contribution < -0.4 is 9.47 Å². The maximum Gasteiger partial charge on any atom is 0.264 e. The number of carbonyl (C=O) groups excluding carboxylic acids is 1. The van der Waals surface area contributed by atoms with Crippen molar-refractivity contribution in [3.05, 3.63) is 54.4 Å². The lowest BCUT2D eigenvalue weighted by Crippen LogP contribution is -2.46. The van der Waals surface area contributed by atoms with Gasteiger partial charge < -0.3 is 14.4 Å². The highest BCUT2D eigenvalue weighted by molar-refractivity contribution is 5.81. The number of amides is 1. The Morgan fingerprint density at radius 3 is 2.96 bits per heavy atom. The van der Waals surface area contributed by atoms with E-state index in [1.807, 2.05) is 36.1 Å². The van der Waals surface area contributed by atoms with Gasteiger partial charge in [0.2, 0.25) is 0 Å². The SMILES string of the molecule is CC(Oc1cccnc1)C(=O)N1Cc2ccccc2OCC1C. The van der Waals surface area contributed by atoms with Gasteiger partial charge in [0.25, 0.3) is 5.91 Å². The van der Waals surface area contributed by atoms with E-state index in [9.17, 15) is 4.79 Å². The van der Waals surface area contributed by atoms with Crippen molar-refractivity contribution < 1.29 is 14.3 Å². The zero-order valence-electron chi connectivity index (χ0n) is 13.3. The number of hydrogen-bond donors (Lipinski definition) is 0. The molecule has 1 aliphatic heterocycles. The average Bonchev–Trinajstić information content (AvgIpc) is 2.74. The Bertz CT molecular complexity index is 675. The standard InChI is InChI=1S/C18H20N2O3/c1-13-12-22-17-8-4-3-6-15(17)11-20(13)18(21)14(2)23-16-7-5-9-19-10-16/h3-10,13-14H,11-12H2,1-2H3. The largest absolute Gasteiger partial charge is 0.491 e. The van der Waals surface area contributed by atoms with Gasteiger partial charge in [-0.3, -0.25) is 9.78 Å². The number of hydrogen-bond acceptors (Lipinski definition) is 4. The van der Waals surface area contributed by atoms with Gasteiger partial charge in [0.05, 0.1) is 12.2 Å². The van der Waals surface area contributed by atoms with Crippen molar-refractivity contribution in [1.29, 1.82) is 0 Å². The summed E-state index contributed by atoms with van der Waals surface area (Å²) in [7, 11) is 0. The van der Waals surface area contributed by atoms with E-state index in [2.05, 4.69) is 4.98 Å². The highest BCUT2D eigenvalue weighted by Crippen LogP contribution is 2.25. The normalized spacial score (nSPS) is 18.3. The number of carbonyl (C=O) groups is 1. The third-order valence-corrected chi connectivity index (χ3v) is 3.90. The van der Waals surface area contributed by atoms with E-state index < -0.39 is 6.10 Å². The van der Waals surface area contributed by atoms with Crippen LogP contribution in [0.15, 0.2) is 48.8 Å². The minimum atomic E-state index is -0.577. The van der Waals surface area contributed by atoms with Crippen molar-refractivity contribution >= 4 is 5.91 Å². The molecular weight excluding hydrogens is 292 g/mol. The van der Waals surface area contributed by atoms with E-state index in [1.165, 1.54) is 0 Å². The van der Waals surface area contributed by atoms with Gasteiger partial charge in [0.1, 0.15) is 18.1 Å². The molecule has 1 aromatic carbocycles. The third-order valence-electron chi connectivity index (χ3n) is 3.90. The lowest BCUT2D eigenvalue weighted by Gasteiger charge is -2.29. The molecule has 23 heavy (non-hydrogen) atoms. The van der Waals surface area contributed by atoms with Crippen molar-refractivity contribution in [3.8, 4) is 11.5 Å². The second-order valence-corrected chi connectivity index (χ2v) is 5.68. The van der Waals surface area contributed by atoms with Crippen molar-refractivity contribution in [2.24, 2.45) is 0 Å². The molecule has 0 fully saturated rings. The summed E-state index contributed by atoms with van der Waals surface area (Å²) in [5.74, 6) is 1.38. The molecule has 0 saturated carbocycles.